The smallest absolute Gasteiger partial charge is 0.222 e. The van der Waals surface area contributed by atoms with Crippen LogP contribution in [0.3, 0.4) is 0 Å². The largest absolute Gasteiger partial charge is 0.342 e. The van der Waals surface area contributed by atoms with E-state index in [0.29, 0.717) is 30.2 Å². The molecular weight excluding hydrogens is 320 g/mol. The van der Waals surface area contributed by atoms with Gasteiger partial charge in [-0.1, -0.05) is 44.2 Å². The van der Waals surface area contributed by atoms with E-state index in [1.807, 2.05) is 18.0 Å². The summed E-state index contributed by atoms with van der Waals surface area (Å²) in [6.07, 6.45) is 5.05. The Bertz CT molecular complexity index is 474. The van der Waals surface area contributed by atoms with E-state index in [0.717, 1.165) is 25.9 Å². The summed E-state index contributed by atoms with van der Waals surface area (Å²) in [7, 11) is 1.98. The minimum Gasteiger partial charge on any atom is -0.342 e. The highest BCUT2D eigenvalue weighted by Gasteiger charge is 2.25. The molecule has 1 amide bonds. The molecule has 1 aromatic rings. The molecule has 0 spiro atoms. The van der Waals surface area contributed by atoms with Crippen molar-refractivity contribution in [3.63, 3.8) is 0 Å². The predicted octanol–water partition coefficient (Wildman–Crippen LogP) is 3.91. The minimum atomic E-state index is 0. The lowest BCUT2D eigenvalue weighted by Crippen LogP contribution is -2.40. The molecule has 1 fully saturated rings. The Morgan fingerprint density at radius 3 is 2.46 bits per heavy atom. The Morgan fingerprint density at radius 1 is 1.25 bits per heavy atom. The van der Waals surface area contributed by atoms with E-state index in [1.54, 1.807) is 0 Å². The lowest BCUT2D eigenvalue weighted by Gasteiger charge is -2.32. The Labute approximate surface area is 153 Å². The van der Waals surface area contributed by atoms with Gasteiger partial charge in [-0.25, -0.2) is 0 Å². The van der Waals surface area contributed by atoms with Gasteiger partial charge in [-0.3, -0.25) is 4.79 Å². The topological polar surface area (TPSA) is 32.3 Å². The van der Waals surface area contributed by atoms with Crippen LogP contribution in [0, 0.1) is 11.8 Å². The molecule has 4 heteroatoms. The molecule has 0 radical (unpaired) electrons. The summed E-state index contributed by atoms with van der Waals surface area (Å²) in [6.45, 7) is 6.63. The van der Waals surface area contributed by atoms with Crippen molar-refractivity contribution in [2.75, 3.05) is 20.1 Å². The van der Waals surface area contributed by atoms with Gasteiger partial charge < -0.3 is 10.2 Å². The molecule has 0 aliphatic carbocycles. The van der Waals surface area contributed by atoms with Gasteiger partial charge in [0.05, 0.1) is 0 Å². The van der Waals surface area contributed by atoms with E-state index in [9.17, 15) is 4.79 Å². The second-order valence-electron chi connectivity index (χ2n) is 7.03. The maximum atomic E-state index is 12.7. The molecule has 2 rings (SSSR count). The Balaban J connectivity index is 0.00000288. The number of benzene rings is 1. The van der Waals surface area contributed by atoms with Crippen molar-refractivity contribution >= 4 is 18.3 Å². The zero-order valence-corrected chi connectivity index (χ0v) is 16.1. The number of likely N-dealkylation sites (N-methyl/N-ethyl adjacent to an activating group) is 1. The lowest BCUT2D eigenvalue weighted by atomic mass is 9.84. The Morgan fingerprint density at radius 2 is 1.88 bits per heavy atom. The van der Waals surface area contributed by atoms with E-state index in [-0.39, 0.29) is 12.4 Å². The van der Waals surface area contributed by atoms with Gasteiger partial charge in [-0.15, -0.1) is 12.4 Å². The third-order valence-corrected chi connectivity index (χ3v) is 5.41. The molecule has 2 atom stereocenters. The molecule has 0 saturated carbocycles. The van der Waals surface area contributed by atoms with Crippen LogP contribution in [0.15, 0.2) is 30.3 Å². The van der Waals surface area contributed by atoms with Crippen molar-refractivity contribution in [2.45, 2.75) is 52.0 Å². The first-order chi connectivity index (χ1) is 11.1. The fourth-order valence-electron chi connectivity index (χ4n) is 3.64. The van der Waals surface area contributed by atoms with Crippen LogP contribution >= 0.6 is 12.4 Å². The molecule has 24 heavy (non-hydrogen) atoms. The van der Waals surface area contributed by atoms with E-state index >= 15 is 0 Å². The van der Waals surface area contributed by atoms with Crippen LogP contribution in [0.25, 0.3) is 0 Å². The van der Waals surface area contributed by atoms with E-state index < -0.39 is 0 Å². The predicted molar refractivity (Wildman–Crippen MR) is 104 cm³/mol. The summed E-state index contributed by atoms with van der Waals surface area (Å²) in [5.41, 5.74) is 1.31. The summed E-state index contributed by atoms with van der Waals surface area (Å²) >= 11 is 0. The number of halogens is 1. The highest BCUT2D eigenvalue weighted by Crippen LogP contribution is 2.25. The first-order valence-corrected chi connectivity index (χ1v) is 9.12. The first kappa shape index (κ1) is 21.0. The molecule has 1 aliphatic rings. The standard InChI is InChI=1S/C20H32N2O.ClH/c1-4-19(15-17-8-6-5-7-9-17)22(3)20(23)14-16(2)18-10-12-21-13-11-18;/h5-9,16,18-19,21H,4,10-15H2,1-3H3;1H. The molecule has 1 heterocycles. The first-order valence-electron chi connectivity index (χ1n) is 9.12. The van der Waals surface area contributed by atoms with Gasteiger partial charge in [0.1, 0.15) is 0 Å². The van der Waals surface area contributed by atoms with Crippen LogP contribution in [-0.4, -0.2) is 37.0 Å². The lowest BCUT2D eigenvalue weighted by molar-refractivity contribution is -0.133. The molecule has 0 bridgehead atoms. The van der Waals surface area contributed by atoms with Crippen LogP contribution in [0.1, 0.15) is 45.1 Å². The number of hydrogen-bond acceptors (Lipinski definition) is 2. The monoisotopic (exact) mass is 352 g/mol. The number of hydrogen-bond donors (Lipinski definition) is 1. The van der Waals surface area contributed by atoms with Crippen LogP contribution in [-0.2, 0) is 11.2 Å². The van der Waals surface area contributed by atoms with Crippen molar-refractivity contribution in [1.29, 1.82) is 0 Å². The molecule has 1 saturated heterocycles. The summed E-state index contributed by atoms with van der Waals surface area (Å²) in [5, 5.41) is 3.40. The molecule has 1 aliphatic heterocycles. The SMILES string of the molecule is CCC(Cc1ccccc1)N(C)C(=O)CC(C)C1CCNCC1.Cl. The summed E-state index contributed by atoms with van der Waals surface area (Å²) in [6, 6.07) is 10.8. The summed E-state index contributed by atoms with van der Waals surface area (Å²) in [4.78, 5) is 14.7. The third kappa shape index (κ3) is 6.10. The van der Waals surface area contributed by atoms with Crippen molar-refractivity contribution in [1.82, 2.24) is 10.2 Å². The molecule has 136 valence electrons. The molecular formula is C20H33ClN2O. The number of amides is 1. The second-order valence-corrected chi connectivity index (χ2v) is 7.03. The number of nitrogens with one attached hydrogen (secondary N) is 1. The van der Waals surface area contributed by atoms with Crippen LogP contribution in [0.2, 0.25) is 0 Å². The number of carbonyl (C=O) groups excluding carboxylic acids is 1. The minimum absolute atomic E-state index is 0. The summed E-state index contributed by atoms with van der Waals surface area (Å²) in [5.74, 6) is 1.49. The zero-order chi connectivity index (χ0) is 16.7. The molecule has 1 aromatic carbocycles. The van der Waals surface area contributed by atoms with Crippen LogP contribution in [0.4, 0.5) is 0 Å². The third-order valence-electron chi connectivity index (χ3n) is 5.41. The normalized spacial score (nSPS) is 17.6. The van der Waals surface area contributed by atoms with Crippen molar-refractivity contribution in [2.24, 2.45) is 11.8 Å². The fraction of sp³-hybridized carbons (Fsp3) is 0.650. The summed E-state index contributed by atoms with van der Waals surface area (Å²) < 4.78 is 0. The van der Waals surface area contributed by atoms with Gasteiger partial charge in [0, 0.05) is 19.5 Å². The average Bonchev–Trinajstić information content (AvgIpc) is 2.60. The van der Waals surface area contributed by atoms with Crippen LogP contribution in [0.5, 0.6) is 0 Å². The highest BCUT2D eigenvalue weighted by atomic mass is 35.5. The van der Waals surface area contributed by atoms with Gasteiger partial charge in [0.25, 0.3) is 0 Å². The number of piperidine rings is 1. The number of carbonyl (C=O) groups is 1. The zero-order valence-electron chi connectivity index (χ0n) is 15.3. The molecule has 0 aromatic heterocycles. The number of nitrogens with zero attached hydrogens (tertiary/aromatic N) is 1. The van der Waals surface area contributed by atoms with Gasteiger partial charge in [0.2, 0.25) is 5.91 Å². The van der Waals surface area contributed by atoms with Gasteiger partial charge in [0.15, 0.2) is 0 Å². The maximum Gasteiger partial charge on any atom is 0.222 e. The molecule has 2 unspecified atom stereocenters. The Hall–Kier alpha value is -1.06. The van der Waals surface area contributed by atoms with Crippen LogP contribution < -0.4 is 5.32 Å². The van der Waals surface area contributed by atoms with E-state index in [4.69, 9.17) is 0 Å². The van der Waals surface area contributed by atoms with Crippen molar-refractivity contribution in [3.8, 4) is 0 Å². The van der Waals surface area contributed by atoms with Gasteiger partial charge in [-0.2, -0.15) is 0 Å². The molecule has 1 N–H and O–H groups in total. The molecule has 3 nitrogen and oxygen atoms in total. The van der Waals surface area contributed by atoms with E-state index in [1.165, 1.54) is 18.4 Å². The van der Waals surface area contributed by atoms with E-state index in [2.05, 4.69) is 43.4 Å². The Kier molecular flexibility index (Phi) is 9.38. The highest BCUT2D eigenvalue weighted by molar-refractivity contribution is 5.85. The number of rotatable bonds is 7. The van der Waals surface area contributed by atoms with Crippen molar-refractivity contribution in [3.05, 3.63) is 35.9 Å². The average molecular weight is 353 g/mol. The van der Waals surface area contributed by atoms with Gasteiger partial charge in [-0.05, 0) is 56.2 Å². The van der Waals surface area contributed by atoms with Gasteiger partial charge >= 0.3 is 0 Å². The quantitative estimate of drug-likeness (QED) is 0.806. The second kappa shape index (κ2) is 10.7. The fourth-order valence-corrected chi connectivity index (χ4v) is 3.64. The maximum absolute atomic E-state index is 12.7. The van der Waals surface area contributed by atoms with Crippen molar-refractivity contribution < 1.29 is 4.79 Å².